The van der Waals surface area contributed by atoms with Crippen molar-refractivity contribution in [1.29, 1.82) is 0 Å². The molecule has 3 aromatic rings. The lowest BCUT2D eigenvalue weighted by Gasteiger charge is -2.33. The van der Waals surface area contributed by atoms with Crippen LogP contribution in [0, 0.1) is 6.92 Å². The normalized spacial score (nSPS) is 16.4. The van der Waals surface area contributed by atoms with Gasteiger partial charge in [0.25, 0.3) is 0 Å². The SMILES string of the molecule is COc1ccc(Cl)cc1S(=O)(=O)N1CCN(S(=O)(=O)c2cc3oc(=O)n(C)c3cc2C)CC1. The Morgan fingerprint density at radius 1 is 0.939 bits per heavy atom. The average molecular weight is 516 g/mol. The van der Waals surface area contributed by atoms with Crippen molar-refractivity contribution in [2.24, 2.45) is 7.05 Å². The lowest BCUT2D eigenvalue weighted by atomic mass is 10.2. The van der Waals surface area contributed by atoms with Gasteiger partial charge in [-0.25, -0.2) is 21.6 Å². The van der Waals surface area contributed by atoms with E-state index in [1.807, 2.05) is 0 Å². The molecule has 0 spiro atoms. The Morgan fingerprint density at radius 2 is 1.52 bits per heavy atom. The summed E-state index contributed by atoms with van der Waals surface area (Å²) in [5.74, 6) is -0.433. The van der Waals surface area contributed by atoms with Crippen LogP contribution < -0.4 is 10.5 Å². The molecule has 13 heteroatoms. The van der Waals surface area contributed by atoms with Gasteiger partial charge < -0.3 is 9.15 Å². The number of nitrogens with zero attached hydrogens (tertiary/aromatic N) is 3. The Labute approximate surface area is 196 Å². The minimum Gasteiger partial charge on any atom is -0.495 e. The van der Waals surface area contributed by atoms with Gasteiger partial charge in [0, 0.05) is 44.3 Å². The number of hydrogen-bond acceptors (Lipinski definition) is 7. The lowest BCUT2D eigenvalue weighted by Crippen LogP contribution is -2.50. The van der Waals surface area contributed by atoms with E-state index in [4.69, 9.17) is 20.8 Å². The molecule has 0 bridgehead atoms. The van der Waals surface area contributed by atoms with Gasteiger partial charge in [0.05, 0.1) is 17.5 Å². The number of sulfonamides is 2. The Morgan fingerprint density at radius 3 is 2.09 bits per heavy atom. The third-order valence-electron chi connectivity index (χ3n) is 5.65. The standard InChI is InChI=1S/C20H22ClN3O7S2/c1-13-10-15-17(31-20(25)22(15)2)12-18(13)32(26,27)23-6-8-24(9-7-23)33(28,29)19-11-14(21)4-5-16(19)30-3/h4-5,10-12H,6-9H2,1-3H3. The van der Waals surface area contributed by atoms with Crippen molar-refractivity contribution < 1.29 is 26.0 Å². The predicted octanol–water partition coefficient (Wildman–Crippen LogP) is 1.80. The highest BCUT2D eigenvalue weighted by molar-refractivity contribution is 7.89. The number of rotatable bonds is 5. The van der Waals surface area contributed by atoms with E-state index in [0.717, 1.165) is 0 Å². The van der Waals surface area contributed by atoms with E-state index in [2.05, 4.69) is 0 Å². The molecular formula is C20H22ClN3O7S2. The molecule has 1 aliphatic rings. The monoisotopic (exact) mass is 515 g/mol. The molecule has 0 saturated carbocycles. The van der Waals surface area contributed by atoms with E-state index in [-0.39, 0.29) is 52.3 Å². The number of hydrogen-bond donors (Lipinski definition) is 0. The zero-order valence-corrected chi connectivity index (χ0v) is 20.5. The first-order chi connectivity index (χ1) is 15.5. The minimum absolute atomic E-state index is 0.0113. The maximum absolute atomic E-state index is 13.3. The van der Waals surface area contributed by atoms with Crippen LogP contribution in [0.25, 0.3) is 11.1 Å². The van der Waals surface area contributed by atoms with E-state index in [9.17, 15) is 21.6 Å². The summed E-state index contributed by atoms with van der Waals surface area (Å²) >= 11 is 5.98. The molecule has 0 unspecified atom stereocenters. The summed E-state index contributed by atoms with van der Waals surface area (Å²) in [7, 11) is -5.00. The molecule has 178 valence electrons. The number of piperazine rings is 1. The van der Waals surface area contributed by atoms with Crippen LogP contribution in [-0.2, 0) is 27.1 Å². The summed E-state index contributed by atoms with van der Waals surface area (Å²) in [6, 6.07) is 7.22. The highest BCUT2D eigenvalue weighted by atomic mass is 35.5. The van der Waals surface area contributed by atoms with Crippen LogP contribution >= 0.6 is 11.6 Å². The number of halogens is 1. The number of aromatic nitrogens is 1. The van der Waals surface area contributed by atoms with Gasteiger partial charge in [0.15, 0.2) is 5.58 Å². The molecule has 0 atom stereocenters. The Bertz CT molecular complexity index is 1500. The zero-order valence-electron chi connectivity index (χ0n) is 18.1. The van der Waals surface area contributed by atoms with Crippen molar-refractivity contribution >= 4 is 42.7 Å². The summed E-state index contributed by atoms with van der Waals surface area (Å²) < 4.78 is 67.0. The number of fused-ring (bicyclic) bond motifs is 1. The molecule has 33 heavy (non-hydrogen) atoms. The molecule has 0 N–H and O–H groups in total. The van der Waals surface area contributed by atoms with Gasteiger partial charge in [-0.2, -0.15) is 8.61 Å². The molecule has 0 radical (unpaired) electrons. The van der Waals surface area contributed by atoms with Crippen molar-refractivity contribution in [3.05, 3.63) is 51.5 Å². The van der Waals surface area contributed by atoms with E-state index < -0.39 is 25.8 Å². The van der Waals surface area contributed by atoms with Crippen LogP contribution in [0.15, 0.2) is 49.3 Å². The molecule has 0 aliphatic carbocycles. The molecule has 1 aliphatic heterocycles. The van der Waals surface area contributed by atoms with E-state index in [1.165, 1.54) is 51.6 Å². The average Bonchev–Trinajstić information content (AvgIpc) is 3.06. The van der Waals surface area contributed by atoms with Gasteiger partial charge in [0.2, 0.25) is 20.0 Å². The van der Waals surface area contributed by atoms with Gasteiger partial charge in [-0.3, -0.25) is 4.57 Å². The largest absolute Gasteiger partial charge is 0.495 e. The third-order valence-corrected chi connectivity index (χ3v) is 9.84. The predicted molar refractivity (Wildman–Crippen MR) is 122 cm³/mol. The molecule has 0 amide bonds. The smallest absolute Gasteiger partial charge is 0.419 e. The quantitative estimate of drug-likeness (QED) is 0.508. The first-order valence-corrected chi connectivity index (χ1v) is 13.2. The van der Waals surface area contributed by atoms with E-state index in [1.54, 1.807) is 13.0 Å². The summed E-state index contributed by atoms with van der Waals surface area (Å²) in [4.78, 5) is 11.7. The van der Waals surface area contributed by atoms with Gasteiger partial charge in [0.1, 0.15) is 10.6 Å². The topological polar surface area (TPSA) is 119 Å². The summed E-state index contributed by atoms with van der Waals surface area (Å²) in [6.07, 6.45) is 0. The fourth-order valence-electron chi connectivity index (χ4n) is 3.82. The number of ether oxygens (including phenoxy) is 1. The maximum atomic E-state index is 13.3. The van der Waals surface area contributed by atoms with Gasteiger partial charge >= 0.3 is 5.76 Å². The summed E-state index contributed by atoms with van der Waals surface area (Å²) in [5.41, 5.74) is 1.11. The maximum Gasteiger partial charge on any atom is 0.419 e. The number of methoxy groups -OCH3 is 1. The van der Waals surface area contributed by atoms with Gasteiger partial charge in [-0.15, -0.1) is 0 Å². The Kier molecular flexibility index (Phi) is 6.08. The molecule has 2 heterocycles. The van der Waals surface area contributed by atoms with Crippen LogP contribution in [0.4, 0.5) is 0 Å². The highest BCUT2D eigenvalue weighted by Crippen LogP contribution is 2.31. The van der Waals surface area contributed by atoms with Crippen molar-refractivity contribution in [3.8, 4) is 5.75 Å². The Balaban J connectivity index is 1.60. The molecular weight excluding hydrogens is 494 g/mol. The fraction of sp³-hybridized carbons (Fsp3) is 0.350. The first kappa shape index (κ1) is 23.8. The number of benzene rings is 2. The minimum atomic E-state index is -3.95. The lowest BCUT2D eigenvalue weighted by molar-refractivity contribution is 0.272. The molecule has 1 saturated heterocycles. The Hall–Kier alpha value is -2.38. The van der Waals surface area contributed by atoms with Crippen molar-refractivity contribution in [2.75, 3.05) is 33.3 Å². The zero-order chi connectivity index (χ0) is 24.1. The van der Waals surface area contributed by atoms with Crippen LogP contribution in [-0.4, -0.2) is 63.3 Å². The second-order valence-corrected chi connectivity index (χ2v) is 11.9. The molecule has 10 nitrogen and oxygen atoms in total. The second kappa shape index (κ2) is 8.44. The van der Waals surface area contributed by atoms with Crippen LogP contribution in [0.1, 0.15) is 5.56 Å². The van der Waals surface area contributed by atoms with Crippen LogP contribution in [0.2, 0.25) is 5.02 Å². The summed E-state index contributed by atoms with van der Waals surface area (Å²) in [6.45, 7) is 1.47. The molecule has 1 aromatic heterocycles. The molecule has 2 aromatic carbocycles. The van der Waals surface area contributed by atoms with Crippen molar-refractivity contribution in [2.45, 2.75) is 16.7 Å². The third kappa shape index (κ3) is 4.06. The second-order valence-electron chi connectivity index (χ2n) is 7.62. The van der Waals surface area contributed by atoms with E-state index in [0.29, 0.717) is 11.1 Å². The number of oxazole rings is 1. The fourth-order valence-corrected chi connectivity index (χ4v) is 7.30. The van der Waals surface area contributed by atoms with Crippen LogP contribution in [0.5, 0.6) is 5.75 Å². The van der Waals surface area contributed by atoms with Crippen molar-refractivity contribution in [3.63, 3.8) is 0 Å². The van der Waals surface area contributed by atoms with Crippen molar-refractivity contribution in [1.82, 2.24) is 13.2 Å². The van der Waals surface area contributed by atoms with Gasteiger partial charge in [-0.1, -0.05) is 11.6 Å². The number of aryl methyl sites for hydroxylation is 2. The molecule has 4 rings (SSSR count). The van der Waals surface area contributed by atoms with Crippen LogP contribution in [0.3, 0.4) is 0 Å². The molecule has 1 fully saturated rings. The van der Waals surface area contributed by atoms with E-state index >= 15 is 0 Å². The summed E-state index contributed by atoms with van der Waals surface area (Å²) in [5, 5.41) is 0.244. The first-order valence-electron chi connectivity index (χ1n) is 9.91. The van der Waals surface area contributed by atoms with Gasteiger partial charge in [-0.05, 0) is 36.8 Å². The highest BCUT2D eigenvalue weighted by Gasteiger charge is 2.36.